The van der Waals surface area contributed by atoms with Gasteiger partial charge >= 0.3 is 0 Å². The number of aromatic nitrogens is 2. The van der Waals surface area contributed by atoms with Crippen molar-refractivity contribution in [3.05, 3.63) is 53.0 Å². The van der Waals surface area contributed by atoms with Crippen LogP contribution in [0.5, 0.6) is 0 Å². The monoisotopic (exact) mass is 404 g/mol. The Bertz CT molecular complexity index is 1100. The number of rotatable bonds is 6. The Balaban J connectivity index is 1.77. The van der Waals surface area contributed by atoms with Crippen molar-refractivity contribution in [3.8, 4) is 12.3 Å². The fourth-order valence-electron chi connectivity index (χ4n) is 4.42. The number of benzene rings is 1. The fraction of sp³-hybridized carbons (Fsp3) is 0.417. The normalized spacial score (nSPS) is 18.4. The zero-order valence-corrected chi connectivity index (χ0v) is 17.7. The van der Waals surface area contributed by atoms with Crippen LogP contribution in [0.1, 0.15) is 48.9 Å². The van der Waals surface area contributed by atoms with Crippen LogP contribution in [-0.2, 0) is 17.8 Å². The van der Waals surface area contributed by atoms with Crippen molar-refractivity contribution in [3.63, 3.8) is 0 Å². The van der Waals surface area contributed by atoms with Crippen LogP contribution in [0.3, 0.4) is 0 Å². The number of hydrogen-bond acceptors (Lipinski definition) is 4. The van der Waals surface area contributed by atoms with E-state index in [1.807, 2.05) is 13.0 Å². The van der Waals surface area contributed by atoms with Gasteiger partial charge in [0.05, 0.1) is 19.1 Å². The number of carbonyl (C=O) groups excluding carboxylic acids is 1. The summed E-state index contributed by atoms with van der Waals surface area (Å²) in [5.74, 6) is 3.73. The second-order valence-electron chi connectivity index (χ2n) is 8.48. The largest absolute Gasteiger partial charge is 0.361 e. The van der Waals surface area contributed by atoms with Crippen LogP contribution in [0, 0.1) is 25.2 Å². The number of terminal acetylenes is 1. The molecule has 6 nitrogen and oxygen atoms in total. The zero-order valence-electron chi connectivity index (χ0n) is 17.7. The minimum Gasteiger partial charge on any atom is -0.361 e. The Hall–Kier alpha value is -3.04. The lowest BCUT2D eigenvalue weighted by Gasteiger charge is -2.25. The molecule has 2 N–H and O–H groups in total. The number of amides is 1. The lowest BCUT2D eigenvalue weighted by atomic mass is 9.94. The van der Waals surface area contributed by atoms with Crippen molar-refractivity contribution in [1.82, 2.24) is 20.4 Å². The molecule has 3 aromatic rings. The topological polar surface area (TPSA) is 72.1 Å². The van der Waals surface area contributed by atoms with Crippen molar-refractivity contribution < 1.29 is 9.32 Å². The summed E-state index contributed by atoms with van der Waals surface area (Å²) in [6, 6.07) is 8.14. The Morgan fingerprint density at radius 3 is 3.00 bits per heavy atom. The maximum atomic E-state index is 12.8. The molecule has 1 amide bonds. The van der Waals surface area contributed by atoms with Gasteiger partial charge in [0.2, 0.25) is 5.91 Å². The Morgan fingerprint density at radius 1 is 1.47 bits per heavy atom. The Morgan fingerprint density at radius 2 is 2.30 bits per heavy atom. The van der Waals surface area contributed by atoms with Gasteiger partial charge in [0, 0.05) is 29.2 Å². The molecule has 0 bridgehead atoms. The van der Waals surface area contributed by atoms with E-state index in [1.165, 1.54) is 16.5 Å². The van der Waals surface area contributed by atoms with E-state index in [-0.39, 0.29) is 24.5 Å². The minimum atomic E-state index is -0.331. The predicted octanol–water partition coefficient (Wildman–Crippen LogP) is 3.34. The first-order valence-corrected chi connectivity index (χ1v) is 10.5. The van der Waals surface area contributed by atoms with E-state index in [1.54, 1.807) is 0 Å². The molecule has 6 heteroatoms. The van der Waals surface area contributed by atoms with Crippen molar-refractivity contribution in [2.24, 2.45) is 5.92 Å². The summed E-state index contributed by atoms with van der Waals surface area (Å²) in [4.78, 5) is 12.8. The van der Waals surface area contributed by atoms with Crippen molar-refractivity contribution in [1.29, 1.82) is 0 Å². The van der Waals surface area contributed by atoms with E-state index < -0.39 is 0 Å². The maximum absolute atomic E-state index is 12.8. The van der Waals surface area contributed by atoms with E-state index in [2.05, 4.69) is 64.5 Å². The molecule has 156 valence electrons. The van der Waals surface area contributed by atoms with Crippen LogP contribution in [0.15, 0.2) is 35.0 Å². The average molecular weight is 405 g/mol. The van der Waals surface area contributed by atoms with Gasteiger partial charge in [-0.3, -0.25) is 10.1 Å². The second-order valence-corrected chi connectivity index (χ2v) is 8.48. The number of hydrogen-bond donors (Lipinski definition) is 2. The summed E-state index contributed by atoms with van der Waals surface area (Å²) >= 11 is 0. The van der Waals surface area contributed by atoms with Crippen molar-refractivity contribution >= 4 is 16.8 Å². The second kappa shape index (κ2) is 8.37. The standard InChI is InChI=1S/C24H28N4O2/c1-5-9-25-24(29)21-12-17-13-28(14-18-11-16(4)30-27-18)22-8-6-7-19(23(17)22)20(26-21)10-15(2)3/h1,6-8,11,13,15,20-21,26H,9-10,12,14H2,2-4H3,(H,25,29). The Kier molecular flexibility index (Phi) is 5.65. The first kappa shape index (κ1) is 20.2. The van der Waals surface area contributed by atoms with Crippen LogP contribution in [0.4, 0.5) is 0 Å². The van der Waals surface area contributed by atoms with E-state index in [4.69, 9.17) is 10.9 Å². The van der Waals surface area contributed by atoms with Gasteiger partial charge in [-0.05, 0) is 42.9 Å². The Labute approximate surface area is 177 Å². The number of nitrogens with zero attached hydrogens (tertiary/aromatic N) is 2. The van der Waals surface area contributed by atoms with E-state index in [0.717, 1.165) is 23.4 Å². The highest BCUT2D eigenvalue weighted by atomic mass is 16.5. The first-order chi connectivity index (χ1) is 14.5. The third-order valence-electron chi connectivity index (χ3n) is 5.62. The fourth-order valence-corrected chi connectivity index (χ4v) is 4.42. The molecule has 3 heterocycles. The smallest absolute Gasteiger partial charge is 0.238 e. The molecule has 1 aromatic carbocycles. The van der Waals surface area contributed by atoms with Gasteiger partial charge in [0.1, 0.15) is 11.5 Å². The molecule has 2 atom stereocenters. The third-order valence-corrected chi connectivity index (χ3v) is 5.62. The zero-order chi connectivity index (χ0) is 21.3. The highest BCUT2D eigenvalue weighted by molar-refractivity contribution is 5.90. The van der Waals surface area contributed by atoms with E-state index in [9.17, 15) is 4.79 Å². The number of aryl methyl sites for hydroxylation is 1. The SMILES string of the molecule is C#CCNC(=O)C1Cc2cn(Cc3cc(C)on3)c3cccc(c23)C(CC(C)C)N1. The molecule has 1 aliphatic rings. The summed E-state index contributed by atoms with van der Waals surface area (Å²) in [6.45, 7) is 7.18. The highest BCUT2D eigenvalue weighted by Gasteiger charge is 2.30. The maximum Gasteiger partial charge on any atom is 0.238 e. The van der Waals surface area contributed by atoms with Crippen LogP contribution in [-0.4, -0.2) is 28.2 Å². The molecule has 0 saturated carbocycles. The molecule has 2 aromatic heterocycles. The van der Waals surface area contributed by atoms with Crippen molar-refractivity contribution in [2.45, 2.75) is 52.2 Å². The third kappa shape index (κ3) is 3.99. The molecule has 0 radical (unpaired) electrons. The first-order valence-electron chi connectivity index (χ1n) is 10.5. The molecule has 2 unspecified atom stereocenters. The van der Waals surface area contributed by atoms with Gasteiger partial charge in [-0.1, -0.05) is 37.1 Å². The quantitative estimate of drug-likeness (QED) is 0.618. The van der Waals surface area contributed by atoms with Crippen LogP contribution in [0.25, 0.3) is 10.9 Å². The molecular weight excluding hydrogens is 376 g/mol. The van der Waals surface area contributed by atoms with Crippen LogP contribution >= 0.6 is 0 Å². The molecule has 0 fully saturated rings. The summed E-state index contributed by atoms with van der Waals surface area (Å²) < 4.78 is 7.45. The van der Waals surface area contributed by atoms with Crippen LogP contribution < -0.4 is 10.6 Å². The summed E-state index contributed by atoms with van der Waals surface area (Å²) in [5, 5.41) is 11.8. The van der Waals surface area contributed by atoms with E-state index in [0.29, 0.717) is 18.9 Å². The predicted molar refractivity (Wildman–Crippen MR) is 117 cm³/mol. The molecule has 4 rings (SSSR count). The summed E-state index contributed by atoms with van der Waals surface area (Å²) in [5.41, 5.74) is 4.46. The summed E-state index contributed by atoms with van der Waals surface area (Å²) in [7, 11) is 0. The lowest BCUT2D eigenvalue weighted by Crippen LogP contribution is -2.46. The molecule has 0 spiro atoms. The van der Waals surface area contributed by atoms with Gasteiger partial charge < -0.3 is 14.4 Å². The molecular formula is C24H28N4O2. The number of carbonyl (C=O) groups is 1. The number of nitrogens with one attached hydrogen (secondary N) is 2. The van der Waals surface area contributed by atoms with Gasteiger partial charge in [0.15, 0.2) is 0 Å². The van der Waals surface area contributed by atoms with Gasteiger partial charge in [0.25, 0.3) is 0 Å². The summed E-state index contributed by atoms with van der Waals surface area (Å²) in [6.07, 6.45) is 9.05. The molecule has 1 aliphatic heterocycles. The van der Waals surface area contributed by atoms with E-state index >= 15 is 0 Å². The van der Waals surface area contributed by atoms with Crippen molar-refractivity contribution in [2.75, 3.05) is 6.54 Å². The molecule has 0 saturated heterocycles. The van der Waals surface area contributed by atoms with Gasteiger partial charge in [-0.25, -0.2) is 0 Å². The highest BCUT2D eigenvalue weighted by Crippen LogP contribution is 2.36. The van der Waals surface area contributed by atoms with Gasteiger partial charge in [-0.2, -0.15) is 0 Å². The molecule has 30 heavy (non-hydrogen) atoms. The average Bonchev–Trinajstić information content (AvgIpc) is 3.23. The minimum absolute atomic E-state index is 0.0532. The van der Waals surface area contributed by atoms with Crippen LogP contribution in [0.2, 0.25) is 0 Å². The lowest BCUT2D eigenvalue weighted by molar-refractivity contribution is -0.123. The van der Waals surface area contributed by atoms with Gasteiger partial charge in [-0.15, -0.1) is 6.42 Å². The molecule has 0 aliphatic carbocycles.